The Hall–Kier alpha value is -7.92. The van der Waals surface area contributed by atoms with Crippen LogP contribution in [0.4, 0.5) is 17.1 Å². The smallest absolute Gasteiger partial charge is 0.306 e. The molecule has 3 aromatic rings. The molecule has 0 aliphatic carbocycles. The summed E-state index contributed by atoms with van der Waals surface area (Å²) in [5.41, 5.74) is 5.41. The van der Waals surface area contributed by atoms with E-state index in [0.717, 1.165) is 94.0 Å². The van der Waals surface area contributed by atoms with Gasteiger partial charge in [-0.15, -0.1) is 4.33 Å². The van der Waals surface area contributed by atoms with Crippen molar-refractivity contribution in [2.45, 2.75) is 152 Å². The number of thioether (sulfide) groups is 1. The zero-order valence-corrected chi connectivity index (χ0v) is 59.7. The van der Waals surface area contributed by atoms with Gasteiger partial charge in [-0.05, 0) is 128 Å². The molecule has 2 aliphatic rings. The van der Waals surface area contributed by atoms with E-state index in [1.54, 1.807) is 20.8 Å². The van der Waals surface area contributed by atoms with E-state index in [-0.39, 0.29) is 105 Å². The standard InChI is InChI=1S/C67H91N9O20S3/c1-10-74-51-29-27-45(98-95-93-87)36-48(51)66(5,6)56(74)23-15-13-16-24-57-67(7,8)49-37-46(99-96-94-88)28-30-52(49)75(57)33-20-14-17-25-58(77)68-32-19-18-22-50(65(84)71-40-60(79)70-42-64(83)97-35-31-63(82)91-12-3)73-61(80)41-69-59(78)26-21-34-92-55-39-53(76(85)86)47(38-54(55)89-9)44(4)72-62(81)43-90-11-2/h13,15-16,23-24,27-30,36-39,44,50H,10-12,14,17-22,25-26,31-35,40-43H2,1-9H3,(H7-,68,69,70,71,72,73,77,78,79,80,81,84,87,88)/t44?,50-/m0/s1. The molecule has 7 N–H and O–H groups in total. The molecular formula is C67H91N9O20S3. The molecule has 1 unspecified atom stereocenters. The third kappa shape index (κ3) is 25.6. The number of nitro benzene ring substituents is 1. The number of allylic oxidation sites excluding steroid dienone is 6. The molecule has 0 radical (unpaired) electrons. The predicted octanol–water partition coefficient (Wildman–Crippen LogP) is 7.42. The molecule has 0 fully saturated rings. The van der Waals surface area contributed by atoms with Gasteiger partial charge in [-0.25, -0.2) is 5.26 Å². The van der Waals surface area contributed by atoms with Crippen LogP contribution in [0.3, 0.4) is 0 Å². The Morgan fingerprint density at radius 2 is 1.43 bits per heavy atom. The second-order valence-electron chi connectivity index (χ2n) is 23.7. The van der Waals surface area contributed by atoms with Crippen LogP contribution in [0.2, 0.25) is 0 Å². The molecule has 3 aromatic carbocycles. The lowest BCUT2D eigenvalue weighted by Crippen LogP contribution is -2.51. The van der Waals surface area contributed by atoms with Crippen molar-refractivity contribution in [1.82, 2.24) is 31.9 Å². The van der Waals surface area contributed by atoms with Gasteiger partial charge in [0.05, 0.1) is 98.5 Å². The van der Waals surface area contributed by atoms with Crippen molar-refractivity contribution >= 4 is 105 Å². The first-order valence-corrected chi connectivity index (χ1v) is 35.0. The zero-order chi connectivity index (χ0) is 72.5. The molecule has 32 heteroatoms. The number of fused-ring (bicyclic) bond motifs is 2. The molecule has 2 aliphatic heterocycles. The third-order valence-corrected chi connectivity index (χ3v) is 18.1. The molecule has 2 heterocycles. The monoisotopic (exact) mass is 1440 g/mol. The van der Waals surface area contributed by atoms with Gasteiger partial charge < -0.3 is 61.0 Å². The highest BCUT2D eigenvalue weighted by atomic mass is 32.2. The van der Waals surface area contributed by atoms with E-state index in [1.165, 1.54) is 19.2 Å². The molecular weight excluding hydrogens is 1350 g/mol. The molecule has 0 spiro atoms. The number of unbranched alkanes of at least 4 members (excludes halogenated alkanes) is 3. The minimum Gasteiger partial charge on any atom is -0.691 e. The first-order chi connectivity index (χ1) is 47.4. The van der Waals surface area contributed by atoms with E-state index in [1.807, 2.05) is 54.6 Å². The summed E-state index contributed by atoms with van der Waals surface area (Å²) in [6, 6.07) is 12.4. The van der Waals surface area contributed by atoms with E-state index in [4.69, 9.17) is 28.5 Å². The van der Waals surface area contributed by atoms with Crippen LogP contribution in [0, 0.1) is 10.1 Å². The van der Waals surface area contributed by atoms with Crippen LogP contribution in [-0.2, 0) is 77.4 Å². The van der Waals surface area contributed by atoms with Gasteiger partial charge in [0.25, 0.3) is 5.69 Å². The van der Waals surface area contributed by atoms with Gasteiger partial charge in [0.2, 0.25) is 46.2 Å². The molecule has 0 saturated heterocycles. The van der Waals surface area contributed by atoms with Gasteiger partial charge in [0.1, 0.15) is 19.2 Å². The Morgan fingerprint density at radius 3 is 2.14 bits per heavy atom. The summed E-state index contributed by atoms with van der Waals surface area (Å²) in [7, 11) is 1.34. The summed E-state index contributed by atoms with van der Waals surface area (Å²) in [5, 5.41) is 54.1. The van der Waals surface area contributed by atoms with Crippen LogP contribution in [0.1, 0.15) is 142 Å². The molecule has 0 bridgehead atoms. The number of nitrogens with one attached hydrogen (secondary N) is 6. The number of carbonyl (C=O) groups is 8. The average molecular weight is 1440 g/mol. The highest BCUT2D eigenvalue weighted by Crippen LogP contribution is 2.49. The summed E-state index contributed by atoms with van der Waals surface area (Å²) in [4.78, 5) is 117. The number of hydrogen-bond acceptors (Lipinski definition) is 24. The minimum atomic E-state index is -1.18. The summed E-state index contributed by atoms with van der Waals surface area (Å²) in [6.07, 6.45) is 13.4. The number of nitrogens with zero attached hydrogens (tertiary/aromatic N) is 3. The second-order valence-corrected chi connectivity index (χ2v) is 26.4. The van der Waals surface area contributed by atoms with Crippen LogP contribution in [0.5, 0.6) is 11.5 Å². The topological polar surface area (TPSA) is 375 Å². The second kappa shape index (κ2) is 42.2. The number of rotatable bonds is 45. The van der Waals surface area contributed by atoms with E-state index >= 15 is 0 Å². The van der Waals surface area contributed by atoms with Crippen molar-refractivity contribution in [2.24, 2.45) is 0 Å². The summed E-state index contributed by atoms with van der Waals surface area (Å²) >= 11 is 2.58. The van der Waals surface area contributed by atoms with E-state index in [2.05, 4.69) is 103 Å². The number of benzene rings is 3. The highest BCUT2D eigenvalue weighted by molar-refractivity contribution is 8.13. The number of esters is 1. The maximum atomic E-state index is 13.5. The SMILES string of the molecule is CCOCC(=O)NC(C)c1cc(OC)c(OCCCC(=O)NCC(=O)N[C@@H](CCCCNC(=O)CCCCC[N+]2=C(/C=C/C=C/C=C3/N(CC)c4ccc(SOOO)cc4C3(C)C)C(C)(C)c3cc(SOO[O-])ccc32)C(=O)NCC(=O)NCC(=O)SCCC(=O)OCC)cc1[N+](=O)[O-]. The van der Waals surface area contributed by atoms with Gasteiger partial charge in [-0.2, -0.15) is 8.91 Å². The van der Waals surface area contributed by atoms with Crippen molar-refractivity contribution in [3.8, 4) is 11.5 Å². The fourth-order valence-electron chi connectivity index (χ4n) is 11.1. The van der Waals surface area contributed by atoms with Gasteiger partial charge in [0.15, 0.2) is 17.2 Å². The number of nitro groups is 1. The summed E-state index contributed by atoms with van der Waals surface area (Å²) in [6.45, 7) is 16.1. The maximum Gasteiger partial charge on any atom is 0.306 e. The largest absolute Gasteiger partial charge is 0.691 e. The van der Waals surface area contributed by atoms with E-state index in [0.29, 0.717) is 37.3 Å². The third-order valence-electron chi connectivity index (χ3n) is 16.0. The fourth-order valence-corrected chi connectivity index (χ4v) is 12.6. The molecule has 0 saturated carbocycles. The Bertz CT molecular complexity index is 3420. The molecule has 29 nitrogen and oxygen atoms in total. The molecule has 0 aromatic heterocycles. The molecule has 6 amide bonds. The highest BCUT2D eigenvalue weighted by Gasteiger charge is 2.45. The zero-order valence-electron chi connectivity index (χ0n) is 57.3. The van der Waals surface area contributed by atoms with Crippen molar-refractivity contribution < 1.29 is 96.1 Å². The summed E-state index contributed by atoms with van der Waals surface area (Å²) in [5.74, 6) is -3.46. The molecule has 5 rings (SSSR count). The number of likely N-dealkylation sites (N-methyl/N-ethyl adjacent to an activating group) is 1. The number of methoxy groups -OCH3 is 1. The Balaban J connectivity index is 1.13. The van der Waals surface area contributed by atoms with Crippen LogP contribution in [-0.4, -0.2) is 152 Å². The molecule has 2 atom stereocenters. The quantitative estimate of drug-likeness (QED) is 0.00423. The van der Waals surface area contributed by atoms with Crippen LogP contribution in [0.25, 0.3) is 0 Å². The van der Waals surface area contributed by atoms with E-state index < -0.39 is 76.1 Å². The minimum absolute atomic E-state index is 0.00757. The number of anilines is 1. The van der Waals surface area contributed by atoms with Crippen molar-refractivity contribution in [3.63, 3.8) is 0 Å². The van der Waals surface area contributed by atoms with Crippen LogP contribution >= 0.6 is 35.8 Å². The predicted molar refractivity (Wildman–Crippen MR) is 369 cm³/mol. The Morgan fingerprint density at radius 1 is 0.727 bits per heavy atom. The summed E-state index contributed by atoms with van der Waals surface area (Å²) < 4.78 is 32.8. The lowest BCUT2D eigenvalue weighted by molar-refractivity contribution is -0.777. The van der Waals surface area contributed by atoms with Gasteiger partial charge in [0, 0.05) is 89.0 Å². The Labute approximate surface area is 588 Å². The van der Waals surface area contributed by atoms with Crippen LogP contribution < -0.4 is 51.5 Å². The lowest BCUT2D eigenvalue weighted by atomic mass is 9.81. The van der Waals surface area contributed by atoms with Crippen LogP contribution in [0.15, 0.2) is 94.4 Å². The Kier molecular flexibility index (Phi) is 34.9. The first-order valence-electron chi connectivity index (χ1n) is 32.5. The number of hydrogen-bond donors (Lipinski definition) is 7. The number of ether oxygens (including phenoxy) is 4. The van der Waals surface area contributed by atoms with Crippen molar-refractivity contribution in [1.29, 1.82) is 0 Å². The van der Waals surface area contributed by atoms with Gasteiger partial charge in [-0.3, -0.25) is 53.5 Å². The van der Waals surface area contributed by atoms with Gasteiger partial charge >= 0.3 is 5.97 Å². The van der Waals surface area contributed by atoms with Crippen molar-refractivity contribution in [2.75, 3.05) is 83.5 Å². The number of carbonyl (C=O) groups excluding carboxylic acids is 8. The molecule has 542 valence electrons. The number of amides is 6. The lowest BCUT2D eigenvalue weighted by Gasteiger charge is -2.25. The normalized spacial score (nSPS) is 14.5. The van der Waals surface area contributed by atoms with E-state index in [9.17, 15) is 53.7 Å². The van der Waals surface area contributed by atoms with Crippen molar-refractivity contribution in [3.05, 3.63) is 111 Å². The first kappa shape index (κ1) is 81.8. The molecule has 99 heavy (non-hydrogen) atoms. The maximum absolute atomic E-state index is 13.5. The average Bonchev–Trinajstić information content (AvgIpc) is 1.61. The van der Waals surface area contributed by atoms with Gasteiger partial charge in [-0.1, -0.05) is 48.9 Å². The fraction of sp³-hybridized carbons (Fsp3) is 0.507.